The second kappa shape index (κ2) is 7.05. The van der Waals surface area contributed by atoms with Gasteiger partial charge in [-0.05, 0) is 19.8 Å². The Balaban J connectivity index is 1.91. The van der Waals surface area contributed by atoms with Crippen LogP contribution in [0.1, 0.15) is 31.8 Å². The lowest BCUT2D eigenvalue weighted by Crippen LogP contribution is -2.49. The fourth-order valence-corrected chi connectivity index (χ4v) is 2.59. The van der Waals surface area contributed by atoms with E-state index < -0.39 is 6.10 Å². The Kier molecular flexibility index (Phi) is 5.34. The van der Waals surface area contributed by atoms with Crippen LogP contribution in [0.15, 0.2) is 6.07 Å². The number of amides is 1. The van der Waals surface area contributed by atoms with Crippen LogP contribution in [0.4, 0.5) is 5.82 Å². The summed E-state index contributed by atoms with van der Waals surface area (Å²) in [7, 11) is 0. The predicted molar refractivity (Wildman–Crippen MR) is 85.8 cm³/mol. The van der Waals surface area contributed by atoms with Crippen molar-refractivity contribution in [3.05, 3.63) is 17.6 Å². The minimum absolute atomic E-state index is 0.0379. The highest BCUT2D eigenvalue weighted by atomic mass is 16.3. The molecular weight excluding hydrogens is 280 g/mol. The van der Waals surface area contributed by atoms with Crippen LogP contribution in [-0.4, -0.2) is 58.2 Å². The number of aliphatic hydroxyl groups excluding tert-OH is 1. The maximum atomic E-state index is 12.2. The third kappa shape index (κ3) is 4.16. The average molecular weight is 306 g/mol. The van der Waals surface area contributed by atoms with E-state index in [1.165, 1.54) is 0 Å². The number of piperazine rings is 1. The van der Waals surface area contributed by atoms with Gasteiger partial charge in [0.05, 0.1) is 12.5 Å². The third-order valence-corrected chi connectivity index (χ3v) is 4.06. The number of aryl methyl sites for hydroxylation is 2. The van der Waals surface area contributed by atoms with Crippen LogP contribution >= 0.6 is 0 Å². The lowest BCUT2D eigenvalue weighted by Gasteiger charge is -2.36. The number of carbonyl (C=O) groups is 1. The van der Waals surface area contributed by atoms with Gasteiger partial charge in [-0.2, -0.15) is 0 Å². The zero-order valence-electron chi connectivity index (χ0n) is 13.9. The topological polar surface area (TPSA) is 69.6 Å². The highest BCUT2D eigenvalue weighted by Gasteiger charge is 2.24. The summed E-state index contributed by atoms with van der Waals surface area (Å²) in [5.41, 5.74) is 0.959. The fraction of sp³-hybridized carbons (Fsp3) is 0.688. The number of rotatable bonds is 4. The van der Waals surface area contributed by atoms with E-state index in [1.54, 1.807) is 0 Å². The van der Waals surface area contributed by atoms with Crippen molar-refractivity contribution in [1.82, 2.24) is 14.9 Å². The summed E-state index contributed by atoms with van der Waals surface area (Å²) in [4.78, 5) is 25.0. The summed E-state index contributed by atoms with van der Waals surface area (Å²) in [5.74, 6) is 1.85. The van der Waals surface area contributed by atoms with Crippen LogP contribution in [0.2, 0.25) is 0 Å². The number of aliphatic hydroxyl groups is 1. The van der Waals surface area contributed by atoms with Crippen molar-refractivity contribution in [2.75, 3.05) is 31.1 Å². The number of hydrogen-bond acceptors (Lipinski definition) is 5. The summed E-state index contributed by atoms with van der Waals surface area (Å²) in [6.45, 7) is 10.6. The molecule has 6 nitrogen and oxygen atoms in total. The first-order valence-corrected chi connectivity index (χ1v) is 7.90. The maximum absolute atomic E-state index is 12.2. The molecule has 0 radical (unpaired) electrons. The molecule has 1 amide bonds. The number of hydrogen-bond donors (Lipinski definition) is 1. The molecule has 2 heterocycles. The average Bonchev–Trinajstić information content (AvgIpc) is 2.46. The van der Waals surface area contributed by atoms with Crippen molar-refractivity contribution in [2.24, 2.45) is 5.92 Å². The van der Waals surface area contributed by atoms with E-state index in [1.807, 2.05) is 38.7 Å². The van der Waals surface area contributed by atoms with Crippen molar-refractivity contribution in [2.45, 2.75) is 40.2 Å². The van der Waals surface area contributed by atoms with Gasteiger partial charge in [0.1, 0.15) is 11.6 Å². The molecule has 1 fully saturated rings. The van der Waals surface area contributed by atoms with Gasteiger partial charge in [-0.3, -0.25) is 4.79 Å². The Hall–Kier alpha value is -1.69. The van der Waals surface area contributed by atoms with Gasteiger partial charge in [0, 0.05) is 37.9 Å². The number of aromatic nitrogens is 2. The minimum atomic E-state index is -0.558. The van der Waals surface area contributed by atoms with Gasteiger partial charge in [-0.15, -0.1) is 0 Å². The number of anilines is 1. The number of nitrogens with zero attached hydrogens (tertiary/aromatic N) is 4. The molecule has 1 aliphatic rings. The molecule has 0 aliphatic carbocycles. The smallest absolute Gasteiger partial charge is 0.225 e. The molecule has 1 aliphatic heterocycles. The highest BCUT2D eigenvalue weighted by Crippen LogP contribution is 2.16. The summed E-state index contributed by atoms with van der Waals surface area (Å²) >= 11 is 0. The van der Waals surface area contributed by atoms with Crippen LogP contribution < -0.4 is 4.90 Å². The first-order chi connectivity index (χ1) is 10.4. The second-order valence-corrected chi connectivity index (χ2v) is 6.30. The summed E-state index contributed by atoms with van der Waals surface area (Å²) < 4.78 is 0. The maximum Gasteiger partial charge on any atom is 0.225 e. The molecule has 0 saturated carbocycles. The molecule has 1 aromatic heterocycles. The van der Waals surface area contributed by atoms with Crippen molar-refractivity contribution >= 4 is 11.7 Å². The fourth-order valence-electron chi connectivity index (χ4n) is 2.59. The molecule has 2 rings (SSSR count). The minimum Gasteiger partial charge on any atom is -0.392 e. The molecule has 1 unspecified atom stereocenters. The van der Waals surface area contributed by atoms with Crippen LogP contribution in [0.5, 0.6) is 0 Å². The van der Waals surface area contributed by atoms with Gasteiger partial charge in [-0.1, -0.05) is 13.8 Å². The number of carbonyl (C=O) groups excluding carboxylic acids is 1. The Bertz CT molecular complexity index is 505. The lowest BCUT2D eigenvalue weighted by molar-refractivity contribution is -0.134. The summed E-state index contributed by atoms with van der Waals surface area (Å²) in [5, 5.41) is 9.84. The predicted octanol–water partition coefficient (Wildman–Crippen LogP) is 1.15. The van der Waals surface area contributed by atoms with E-state index in [2.05, 4.69) is 14.9 Å². The molecule has 122 valence electrons. The summed E-state index contributed by atoms with van der Waals surface area (Å²) in [6.07, 6.45) is -0.346. The highest BCUT2D eigenvalue weighted by molar-refractivity contribution is 5.77. The molecule has 1 N–H and O–H groups in total. The van der Waals surface area contributed by atoms with Gasteiger partial charge in [-0.25, -0.2) is 9.97 Å². The van der Waals surface area contributed by atoms with Crippen molar-refractivity contribution in [1.29, 1.82) is 0 Å². The SMILES string of the molecule is Cc1cc(N2CCN(C(=O)CC(O)C(C)C)CC2)nc(C)n1. The van der Waals surface area contributed by atoms with Crippen LogP contribution in [0, 0.1) is 19.8 Å². The Morgan fingerprint density at radius 1 is 1.23 bits per heavy atom. The van der Waals surface area contributed by atoms with Crippen molar-refractivity contribution < 1.29 is 9.90 Å². The van der Waals surface area contributed by atoms with Gasteiger partial charge in [0.25, 0.3) is 0 Å². The molecule has 1 saturated heterocycles. The molecule has 6 heteroatoms. The molecular formula is C16H26N4O2. The van der Waals surface area contributed by atoms with E-state index >= 15 is 0 Å². The van der Waals surface area contributed by atoms with Crippen LogP contribution in [0.25, 0.3) is 0 Å². The van der Waals surface area contributed by atoms with Crippen molar-refractivity contribution in [3.8, 4) is 0 Å². The molecule has 22 heavy (non-hydrogen) atoms. The van der Waals surface area contributed by atoms with Gasteiger partial charge in [0.15, 0.2) is 0 Å². The van der Waals surface area contributed by atoms with E-state index in [-0.39, 0.29) is 18.2 Å². The Labute approximate surface area is 132 Å². The standard InChI is InChI=1S/C16H26N4O2/c1-11(2)14(21)10-16(22)20-7-5-19(6-8-20)15-9-12(3)17-13(4)18-15/h9,11,14,21H,5-8,10H2,1-4H3. The molecule has 1 aromatic rings. The molecule has 0 spiro atoms. The normalized spacial score (nSPS) is 17.0. The van der Waals surface area contributed by atoms with E-state index in [0.29, 0.717) is 13.1 Å². The first-order valence-electron chi connectivity index (χ1n) is 7.90. The van der Waals surface area contributed by atoms with Crippen molar-refractivity contribution in [3.63, 3.8) is 0 Å². The molecule has 1 atom stereocenters. The van der Waals surface area contributed by atoms with Gasteiger partial charge >= 0.3 is 0 Å². The monoisotopic (exact) mass is 306 g/mol. The Morgan fingerprint density at radius 3 is 2.41 bits per heavy atom. The molecule has 0 bridgehead atoms. The van der Waals surface area contributed by atoms with E-state index in [9.17, 15) is 9.90 Å². The molecule has 0 aromatic carbocycles. The Morgan fingerprint density at radius 2 is 1.86 bits per heavy atom. The van der Waals surface area contributed by atoms with E-state index in [0.717, 1.165) is 30.4 Å². The van der Waals surface area contributed by atoms with E-state index in [4.69, 9.17) is 0 Å². The van der Waals surface area contributed by atoms with Gasteiger partial charge in [0.2, 0.25) is 5.91 Å². The third-order valence-electron chi connectivity index (χ3n) is 4.06. The van der Waals surface area contributed by atoms with Crippen LogP contribution in [-0.2, 0) is 4.79 Å². The first kappa shape index (κ1) is 16.7. The lowest BCUT2D eigenvalue weighted by atomic mass is 10.0. The summed E-state index contributed by atoms with van der Waals surface area (Å²) in [6, 6.07) is 1.98. The quantitative estimate of drug-likeness (QED) is 0.903. The largest absolute Gasteiger partial charge is 0.392 e. The second-order valence-electron chi connectivity index (χ2n) is 6.30. The zero-order chi connectivity index (χ0) is 16.3. The zero-order valence-corrected chi connectivity index (χ0v) is 13.9. The van der Waals surface area contributed by atoms with Gasteiger partial charge < -0.3 is 14.9 Å². The van der Waals surface area contributed by atoms with Crippen LogP contribution in [0.3, 0.4) is 0 Å².